The van der Waals surface area contributed by atoms with Gasteiger partial charge in [-0.1, -0.05) is 6.92 Å². The van der Waals surface area contributed by atoms with Crippen molar-refractivity contribution in [1.82, 2.24) is 9.21 Å². The van der Waals surface area contributed by atoms with Gasteiger partial charge < -0.3 is 20.7 Å². The van der Waals surface area contributed by atoms with E-state index < -0.39 is 27.9 Å². The molecule has 3 amide bonds. The summed E-state index contributed by atoms with van der Waals surface area (Å²) >= 11 is 1.19. The topological polar surface area (TPSA) is 139 Å². The Balaban J connectivity index is 1.52. The second-order valence-electron chi connectivity index (χ2n) is 8.78. The number of benzene rings is 1. The van der Waals surface area contributed by atoms with E-state index in [1.165, 1.54) is 51.9 Å². The summed E-state index contributed by atoms with van der Waals surface area (Å²) < 4.78 is 32.1. The van der Waals surface area contributed by atoms with Crippen LogP contribution in [-0.4, -0.2) is 62.3 Å². The highest BCUT2D eigenvalue weighted by molar-refractivity contribution is 7.89. The van der Waals surface area contributed by atoms with Gasteiger partial charge in [-0.3, -0.25) is 9.59 Å². The first-order valence-corrected chi connectivity index (χ1v) is 13.6. The minimum atomic E-state index is -3.62. The van der Waals surface area contributed by atoms with Crippen LogP contribution >= 0.6 is 11.3 Å². The molecule has 1 fully saturated rings. The predicted molar refractivity (Wildman–Crippen MR) is 131 cm³/mol. The SMILES string of the molecule is COC(=O)N1CCc2c(sc(NC(=O)c3ccc(S(=O)(=O)N4CCC(C)CC4)cc3)c2C(N)=O)C1. The maximum atomic E-state index is 12.9. The largest absolute Gasteiger partial charge is 0.453 e. The van der Waals surface area contributed by atoms with Crippen molar-refractivity contribution in [3.63, 3.8) is 0 Å². The Kier molecular flexibility index (Phi) is 7.15. The van der Waals surface area contributed by atoms with Crippen molar-refractivity contribution in [3.8, 4) is 0 Å². The van der Waals surface area contributed by atoms with Gasteiger partial charge in [-0.05, 0) is 55.0 Å². The zero-order chi connectivity index (χ0) is 25.3. The number of hydrogen-bond donors (Lipinski definition) is 2. The van der Waals surface area contributed by atoms with Gasteiger partial charge in [0, 0.05) is 30.1 Å². The quantitative estimate of drug-likeness (QED) is 0.621. The van der Waals surface area contributed by atoms with Crippen LogP contribution in [0.3, 0.4) is 0 Å². The normalized spacial score (nSPS) is 17.0. The Morgan fingerprint density at radius 3 is 2.37 bits per heavy atom. The molecule has 3 heterocycles. The minimum Gasteiger partial charge on any atom is -0.453 e. The maximum absolute atomic E-state index is 12.9. The number of carbonyl (C=O) groups excluding carboxylic acids is 3. The van der Waals surface area contributed by atoms with Crippen LogP contribution in [-0.2, 0) is 27.7 Å². The molecule has 2 aliphatic rings. The number of ether oxygens (including phenoxy) is 1. The second-order valence-corrected chi connectivity index (χ2v) is 11.8. The molecule has 1 aromatic heterocycles. The summed E-state index contributed by atoms with van der Waals surface area (Å²) in [6, 6.07) is 5.74. The molecule has 35 heavy (non-hydrogen) atoms. The molecule has 10 nitrogen and oxygen atoms in total. The highest BCUT2D eigenvalue weighted by atomic mass is 32.2. The van der Waals surface area contributed by atoms with E-state index in [0.29, 0.717) is 37.0 Å². The maximum Gasteiger partial charge on any atom is 0.409 e. The summed E-state index contributed by atoms with van der Waals surface area (Å²) in [5, 5.41) is 3.04. The van der Waals surface area contributed by atoms with Gasteiger partial charge in [0.05, 0.1) is 24.1 Å². The zero-order valence-corrected chi connectivity index (χ0v) is 21.2. The zero-order valence-electron chi connectivity index (χ0n) is 19.6. The van der Waals surface area contributed by atoms with Gasteiger partial charge in [0.15, 0.2) is 0 Å². The van der Waals surface area contributed by atoms with Crippen molar-refractivity contribution in [1.29, 1.82) is 0 Å². The van der Waals surface area contributed by atoms with Gasteiger partial charge in [-0.15, -0.1) is 11.3 Å². The van der Waals surface area contributed by atoms with E-state index in [-0.39, 0.29) is 22.6 Å². The number of nitrogens with two attached hydrogens (primary N) is 1. The number of sulfonamides is 1. The van der Waals surface area contributed by atoms with Gasteiger partial charge in [-0.25, -0.2) is 13.2 Å². The summed E-state index contributed by atoms with van der Waals surface area (Å²) in [4.78, 5) is 39.4. The number of nitrogens with zero attached hydrogens (tertiary/aromatic N) is 2. The van der Waals surface area contributed by atoms with Gasteiger partial charge >= 0.3 is 6.09 Å². The van der Waals surface area contributed by atoms with Crippen LogP contribution < -0.4 is 11.1 Å². The number of primary amides is 1. The Morgan fingerprint density at radius 2 is 1.77 bits per heavy atom. The van der Waals surface area contributed by atoms with E-state index in [4.69, 9.17) is 10.5 Å². The molecule has 0 radical (unpaired) electrons. The number of hydrogen-bond acceptors (Lipinski definition) is 7. The molecule has 0 spiro atoms. The van der Waals surface area contributed by atoms with Gasteiger partial charge in [0.25, 0.3) is 11.8 Å². The fourth-order valence-corrected chi connectivity index (χ4v) is 7.10. The van der Waals surface area contributed by atoms with Crippen molar-refractivity contribution in [2.75, 3.05) is 32.1 Å². The van der Waals surface area contributed by atoms with Crippen molar-refractivity contribution < 1.29 is 27.5 Å². The lowest BCUT2D eigenvalue weighted by Crippen LogP contribution is -2.37. The Labute approximate surface area is 208 Å². The molecule has 188 valence electrons. The molecule has 4 rings (SSSR count). The molecule has 3 N–H and O–H groups in total. The molecule has 0 saturated carbocycles. The van der Waals surface area contributed by atoms with Crippen molar-refractivity contribution in [2.45, 2.75) is 37.6 Å². The number of methoxy groups -OCH3 is 1. The molecule has 0 aliphatic carbocycles. The third-order valence-electron chi connectivity index (χ3n) is 6.46. The lowest BCUT2D eigenvalue weighted by molar-refractivity contribution is 0.0999. The molecule has 0 bridgehead atoms. The highest BCUT2D eigenvalue weighted by Crippen LogP contribution is 2.37. The highest BCUT2D eigenvalue weighted by Gasteiger charge is 2.31. The molecule has 1 saturated heterocycles. The van der Waals surface area contributed by atoms with E-state index in [1.807, 2.05) is 0 Å². The molecule has 12 heteroatoms. The van der Waals surface area contributed by atoms with Crippen LogP contribution in [0.15, 0.2) is 29.2 Å². The van der Waals surface area contributed by atoms with Crippen LogP contribution in [0.5, 0.6) is 0 Å². The van der Waals surface area contributed by atoms with Gasteiger partial charge in [0.1, 0.15) is 5.00 Å². The van der Waals surface area contributed by atoms with Crippen molar-refractivity contribution in [2.24, 2.45) is 11.7 Å². The number of thiophene rings is 1. The van der Waals surface area contributed by atoms with E-state index in [1.54, 1.807) is 0 Å². The predicted octanol–water partition coefficient (Wildman–Crippen LogP) is 2.64. The Hall–Kier alpha value is -2.96. The molecular formula is C23H28N4O6S2. The van der Waals surface area contributed by atoms with Gasteiger partial charge in [-0.2, -0.15) is 4.31 Å². The minimum absolute atomic E-state index is 0.135. The number of carbonyl (C=O) groups is 3. The lowest BCUT2D eigenvalue weighted by atomic mass is 10.0. The molecule has 2 aliphatic heterocycles. The number of anilines is 1. The summed E-state index contributed by atoms with van der Waals surface area (Å²) in [6.07, 6.45) is 1.59. The van der Waals surface area contributed by atoms with Crippen molar-refractivity contribution >= 4 is 44.3 Å². The summed E-state index contributed by atoms with van der Waals surface area (Å²) in [5.74, 6) is -0.655. The average molecular weight is 521 g/mol. The fraction of sp³-hybridized carbons (Fsp3) is 0.435. The van der Waals surface area contributed by atoms with E-state index in [2.05, 4.69) is 12.2 Å². The van der Waals surface area contributed by atoms with Crippen LogP contribution in [0.25, 0.3) is 0 Å². The Morgan fingerprint density at radius 1 is 1.11 bits per heavy atom. The number of nitrogens with one attached hydrogen (secondary N) is 1. The molecule has 0 unspecified atom stereocenters. The van der Waals surface area contributed by atoms with Gasteiger partial charge in [0.2, 0.25) is 10.0 Å². The number of fused-ring (bicyclic) bond motifs is 1. The standard InChI is InChI=1S/C23H28N4O6S2/c1-14-7-11-27(12-8-14)35(31,32)16-5-3-15(4-6-16)21(29)25-22-19(20(24)28)17-9-10-26(23(30)33-2)13-18(17)34-22/h3-6,14H,7-13H2,1-2H3,(H2,24,28)(H,25,29). The number of piperidine rings is 1. The molecule has 1 aromatic carbocycles. The Bertz CT molecular complexity index is 1250. The summed E-state index contributed by atoms with van der Waals surface area (Å²) in [6.45, 7) is 3.71. The average Bonchev–Trinajstić information content (AvgIpc) is 3.21. The fourth-order valence-electron chi connectivity index (χ4n) is 4.37. The van der Waals surface area contributed by atoms with Crippen LogP contribution in [0, 0.1) is 5.92 Å². The van der Waals surface area contributed by atoms with Crippen LogP contribution in [0.4, 0.5) is 9.80 Å². The molecular weight excluding hydrogens is 492 g/mol. The lowest BCUT2D eigenvalue weighted by Gasteiger charge is -2.29. The van der Waals surface area contributed by atoms with Crippen molar-refractivity contribution in [3.05, 3.63) is 45.8 Å². The summed E-state index contributed by atoms with van der Waals surface area (Å²) in [7, 11) is -2.32. The van der Waals surface area contributed by atoms with Crippen LogP contribution in [0.1, 0.15) is 50.9 Å². The van der Waals surface area contributed by atoms with E-state index in [9.17, 15) is 22.8 Å². The second kappa shape index (κ2) is 9.96. The third-order valence-corrected chi connectivity index (χ3v) is 9.51. The van der Waals surface area contributed by atoms with E-state index >= 15 is 0 Å². The van der Waals surface area contributed by atoms with E-state index in [0.717, 1.165) is 23.3 Å². The summed E-state index contributed by atoms with van der Waals surface area (Å²) in [5.41, 5.74) is 6.80. The first-order valence-electron chi connectivity index (χ1n) is 11.3. The third kappa shape index (κ3) is 5.04. The number of rotatable bonds is 5. The monoisotopic (exact) mass is 520 g/mol. The first kappa shape index (κ1) is 25.1. The molecule has 0 atom stereocenters. The molecule has 2 aromatic rings. The number of amides is 3. The smallest absolute Gasteiger partial charge is 0.409 e. The first-order chi connectivity index (χ1) is 16.6. The van der Waals surface area contributed by atoms with Crippen LogP contribution in [0.2, 0.25) is 0 Å².